The Morgan fingerprint density at radius 1 is 1.26 bits per heavy atom. The molecule has 0 aliphatic rings. The minimum Gasteiger partial charge on any atom is -0.397 e. The molecule has 0 saturated carbocycles. The molecule has 100 valence electrons. The molecule has 1 aromatic heterocycles. The zero-order chi connectivity index (χ0) is 14.0. The molecule has 0 saturated heterocycles. The molecule has 0 aliphatic carbocycles. The molecule has 2 rings (SSSR count). The molecule has 0 aliphatic heterocycles. The number of hydrogen-bond donors (Lipinski definition) is 2. The molecular weight excluding hydrogens is 286 g/mol. The normalized spacial score (nSPS) is 11.3. The van der Waals surface area contributed by atoms with Gasteiger partial charge in [-0.05, 0) is 42.8 Å². The molecule has 19 heavy (non-hydrogen) atoms. The Morgan fingerprint density at radius 3 is 2.47 bits per heavy atom. The maximum absolute atomic E-state index is 12.1. The number of benzene rings is 1. The summed E-state index contributed by atoms with van der Waals surface area (Å²) in [4.78, 5) is 4.09. The minimum atomic E-state index is -3.68. The Labute approximate surface area is 116 Å². The number of anilines is 2. The van der Waals surface area contributed by atoms with E-state index >= 15 is 0 Å². The van der Waals surface area contributed by atoms with Crippen LogP contribution in [0.1, 0.15) is 5.56 Å². The maximum Gasteiger partial charge on any atom is 0.263 e. The van der Waals surface area contributed by atoms with E-state index in [0.29, 0.717) is 16.3 Å². The van der Waals surface area contributed by atoms with Gasteiger partial charge < -0.3 is 5.73 Å². The van der Waals surface area contributed by atoms with Gasteiger partial charge in [0.25, 0.3) is 10.0 Å². The van der Waals surface area contributed by atoms with Crippen LogP contribution in [0.2, 0.25) is 5.02 Å². The molecule has 0 spiro atoms. The van der Waals surface area contributed by atoms with Crippen LogP contribution < -0.4 is 10.5 Å². The van der Waals surface area contributed by atoms with E-state index in [0.717, 1.165) is 0 Å². The number of pyridine rings is 1. The van der Waals surface area contributed by atoms with Crippen molar-refractivity contribution in [3.05, 3.63) is 47.1 Å². The molecule has 3 N–H and O–H groups in total. The quantitative estimate of drug-likeness (QED) is 0.911. The molecule has 7 heteroatoms. The smallest absolute Gasteiger partial charge is 0.263 e. The van der Waals surface area contributed by atoms with E-state index in [1.807, 2.05) is 0 Å². The number of aryl methyl sites for hydroxylation is 1. The van der Waals surface area contributed by atoms with Gasteiger partial charge in [0.2, 0.25) is 0 Å². The van der Waals surface area contributed by atoms with Crippen molar-refractivity contribution in [1.82, 2.24) is 4.98 Å². The van der Waals surface area contributed by atoms with E-state index in [1.165, 1.54) is 30.5 Å². The number of sulfonamides is 1. The molecule has 0 fully saturated rings. The monoisotopic (exact) mass is 297 g/mol. The molecule has 0 amide bonds. The largest absolute Gasteiger partial charge is 0.397 e. The number of hydrogen-bond acceptors (Lipinski definition) is 4. The predicted molar refractivity (Wildman–Crippen MR) is 75.6 cm³/mol. The van der Waals surface area contributed by atoms with Crippen LogP contribution in [0.15, 0.2) is 41.4 Å². The number of rotatable bonds is 3. The summed E-state index contributed by atoms with van der Waals surface area (Å²) in [6, 6.07) is 7.53. The summed E-state index contributed by atoms with van der Waals surface area (Å²) in [5.41, 5.74) is 6.69. The summed E-state index contributed by atoms with van der Waals surface area (Å²) in [5.74, 6) is 0.254. The van der Waals surface area contributed by atoms with E-state index in [1.54, 1.807) is 13.0 Å². The third-order valence-corrected chi connectivity index (χ3v) is 4.06. The molecule has 0 radical (unpaired) electrons. The molecule has 1 heterocycles. The maximum atomic E-state index is 12.1. The van der Waals surface area contributed by atoms with Gasteiger partial charge >= 0.3 is 0 Å². The zero-order valence-electron chi connectivity index (χ0n) is 10.1. The highest BCUT2D eigenvalue weighted by atomic mass is 35.5. The summed E-state index contributed by atoms with van der Waals surface area (Å²) in [6.07, 6.45) is 1.40. The lowest BCUT2D eigenvalue weighted by Crippen LogP contribution is -2.14. The lowest BCUT2D eigenvalue weighted by atomic mass is 10.3. The molecule has 5 nitrogen and oxygen atoms in total. The second-order valence-electron chi connectivity index (χ2n) is 3.99. The van der Waals surface area contributed by atoms with Crippen LogP contribution >= 0.6 is 11.6 Å². The highest BCUT2D eigenvalue weighted by Crippen LogP contribution is 2.20. The van der Waals surface area contributed by atoms with Crippen LogP contribution in [-0.2, 0) is 10.0 Å². The number of nitrogens with zero attached hydrogens (tertiary/aromatic N) is 1. The van der Waals surface area contributed by atoms with Crippen molar-refractivity contribution >= 4 is 33.1 Å². The minimum absolute atomic E-state index is 0.120. The van der Waals surface area contributed by atoms with Crippen LogP contribution in [-0.4, -0.2) is 13.4 Å². The molecule has 1 aromatic carbocycles. The van der Waals surface area contributed by atoms with Crippen molar-refractivity contribution in [3.8, 4) is 0 Å². The van der Waals surface area contributed by atoms with Crippen LogP contribution in [0, 0.1) is 6.92 Å². The third kappa shape index (κ3) is 3.15. The summed E-state index contributed by atoms with van der Waals surface area (Å²) in [5, 5.41) is 0.473. The fourth-order valence-electron chi connectivity index (χ4n) is 1.50. The SMILES string of the molecule is Cc1cc(N)cnc1NS(=O)(=O)c1ccc(Cl)cc1. The summed E-state index contributed by atoms with van der Waals surface area (Å²) in [6.45, 7) is 1.73. The molecule has 0 unspecified atom stereocenters. The fraction of sp³-hybridized carbons (Fsp3) is 0.0833. The molecule has 2 aromatic rings. The number of nitrogens with one attached hydrogen (secondary N) is 1. The number of nitrogens with two attached hydrogens (primary N) is 1. The van der Waals surface area contributed by atoms with Crippen molar-refractivity contribution in [2.45, 2.75) is 11.8 Å². The Kier molecular flexibility index (Phi) is 3.64. The van der Waals surface area contributed by atoms with Crippen molar-refractivity contribution in [1.29, 1.82) is 0 Å². The highest BCUT2D eigenvalue weighted by molar-refractivity contribution is 7.92. The van der Waals surface area contributed by atoms with Gasteiger partial charge in [0.15, 0.2) is 0 Å². The fourth-order valence-corrected chi connectivity index (χ4v) is 2.71. The highest BCUT2D eigenvalue weighted by Gasteiger charge is 2.15. The lowest BCUT2D eigenvalue weighted by Gasteiger charge is -2.10. The van der Waals surface area contributed by atoms with Crippen molar-refractivity contribution in [2.24, 2.45) is 0 Å². The first-order valence-corrected chi connectivity index (χ1v) is 7.25. The van der Waals surface area contributed by atoms with Crippen molar-refractivity contribution < 1.29 is 8.42 Å². The Balaban J connectivity index is 2.33. The average molecular weight is 298 g/mol. The lowest BCUT2D eigenvalue weighted by molar-refractivity contribution is 0.601. The summed E-state index contributed by atoms with van der Waals surface area (Å²) >= 11 is 5.72. The number of aromatic nitrogens is 1. The van der Waals surface area contributed by atoms with E-state index in [4.69, 9.17) is 17.3 Å². The van der Waals surface area contributed by atoms with Crippen LogP contribution in [0.4, 0.5) is 11.5 Å². The van der Waals surface area contributed by atoms with E-state index in [9.17, 15) is 8.42 Å². The second kappa shape index (κ2) is 5.07. The molecule has 0 atom stereocenters. The first-order chi connectivity index (χ1) is 8.88. The molecular formula is C12H12ClN3O2S. The van der Waals surface area contributed by atoms with E-state index in [2.05, 4.69) is 9.71 Å². The Hall–Kier alpha value is -1.79. The van der Waals surface area contributed by atoms with Gasteiger partial charge in [-0.3, -0.25) is 4.72 Å². The van der Waals surface area contributed by atoms with Crippen LogP contribution in [0.5, 0.6) is 0 Å². The van der Waals surface area contributed by atoms with Gasteiger partial charge in [0.1, 0.15) is 5.82 Å². The van der Waals surface area contributed by atoms with Gasteiger partial charge in [-0.15, -0.1) is 0 Å². The van der Waals surface area contributed by atoms with Crippen molar-refractivity contribution in [3.63, 3.8) is 0 Å². The standard InChI is InChI=1S/C12H12ClN3O2S/c1-8-6-10(14)7-15-12(8)16-19(17,18)11-4-2-9(13)3-5-11/h2-7H,14H2,1H3,(H,15,16). The first-order valence-electron chi connectivity index (χ1n) is 5.39. The van der Waals surface area contributed by atoms with Gasteiger partial charge in [-0.25, -0.2) is 13.4 Å². The third-order valence-electron chi connectivity index (χ3n) is 2.45. The topological polar surface area (TPSA) is 85.1 Å². The number of nitrogen functional groups attached to an aromatic ring is 1. The van der Waals surface area contributed by atoms with E-state index < -0.39 is 10.0 Å². The van der Waals surface area contributed by atoms with Gasteiger partial charge in [0.05, 0.1) is 16.8 Å². The zero-order valence-corrected chi connectivity index (χ0v) is 11.7. The van der Waals surface area contributed by atoms with Gasteiger partial charge in [0, 0.05) is 5.02 Å². The summed E-state index contributed by atoms with van der Waals surface area (Å²) < 4.78 is 26.7. The molecule has 0 bridgehead atoms. The van der Waals surface area contributed by atoms with E-state index in [-0.39, 0.29) is 10.7 Å². The van der Waals surface area contributed by atoms with Crippen LogP contribution in [0.3, 0.4) is 0 Å². The van der Waals surface area contributed by atoms with Crippen LogP contribution in [0.25, 0.3) is 0 Å². The predicted octanol–water partition coefficient (Wildman–Crippen LogP) is 2.43. The first kappa shape index (κ1) is 13.6. The van der Waals surface area contributed by atoms with Crippen molar-refractivity contribution in [2.75, 3.05) is 10.5 Å². The Bertz CT molecular complexity index is 699. The second-order valence-corrected chi connectivity index (χ2v) is 6.11. The average Bonchev–Trinajstić information content (AvgIpc) is 2.33. The summed E-state index contributed by atoms with van der Waals surface area (Å²) in [7, 11) is -3.68. The Morgan fingerprint density at radius 2 is 1.89 bits per heavy atom. The number of halogens is 1. The van der Waals surface area contributed by atoms with Gasteiger partial charge in [-0.2, -0.15) is 0 Å². The van der Waals surface area contributed by atoms with Gasteiger partial charge in [-0.1, -0.05) is 11.6 Å².